The summed E-state index contributed by atoms with van der Waals surface area (Å²) in [5, 5.41) is 0. The number of nitrogens with two attached hydrogens (primary N) is 1. The van der Waals surface area contributed by atoms with Crippen LogP contribution in [-0.2, 0) is 11.3 Å². The Balaban J connectivity index is 1.61. The first kappa shape index (κ1) is 18.3. The first-order valence-electron chi connectivity index (χ1n) is 9.19. The average Bonchev–Trinajstić information content (AvgIpc) is 3.13. The van der Waals surface area contributed by atoms with Gasteiger partial charge in [-0.25, -0.2) is 9.97 Å². The summed E-state index contributed by atoms with van der Waals surface area (Å²) >= 11 is 0. The van der Waals surface area contributed by atoms with Crippen LogP contribution in [0.25, 0.3) is 0 Å². The molecule has 1 amide bonds. The van der Waals surface area contributed by atoms with Crippen molar-refractivity contribution in [2.75, 3.05) is 25.9 Å². The highest BCUT2D eigenvalue weighted by molar-refractivity contribution is 5.84. The summed E-state index contributed by atoms with van der Waals surface area (Å²) in [6.45, 7) is 4.26. The van der Waals surface area contributed by atoms with Crippen molar-refractivity contribution in [3.8, 4) is 0 Å². The molecule has 0 aliphatic carbocycles. The molecular weight excluding hydrogens is 326 g/mol. The lowest BCUT2D eigenvalue weighted by molar-refractivity contribution is -0.132. The van der Waals surface area contributed by atoms with E-state index < -0.39 is 0 Å². The topological polar surface area (TPSA) is 75.4 Å². The molecule has 0 saturated carbocycles. The Hall–Kier alpha value is -2.47. The number of likely N-dealkylation sites (N-methyl/N-ethyl adjacent to an activating group) is 1. The lowest BCUT2D eigenvalue weighted by Crippen LogP contribution is -2.38. The molecule has 1 aromatic carbocycles. The molecule has 2 aromatic rings. The van der Waals surface area contributed by atoms with E-state index in [4.69, 9.17) is 5.73 Å². The van der Waals surface area contributed by atoms with Crippen molar-refractivity contribution < 1.29 is 4.79 Å². The molecule has 1 fully saturated rings. The van der Waals surface area contributed by atoms with Gasteiger partial charge in [-0.15, -0.1) is 0 Å². The molecule has 0 radical (unpaired) electrons. The molecule has 1 aliphatic heterocycles. The summed E-state index contributed by atoms with van der Waals surface area (Å²) in [7, 11) is 2.06. The number of amides is 1. The van der Waals surface area contributed by atoms with Gasteiger partial charge in [0.25, 0.3) is 0 Å². The predicted molar refractivity (Wildman–Crippen MR) is 102 cm³/mol. The van der Waals surface area contributed by atoms with Crippen LogP contribution in [-0.4, -0.2) is 51.9 Å². The fourth-order valence-corrected chi connectivity index (χ4v) is 3.60. The maximum Gasteiger partial charge on any atom is 0.230 e. The fraction of sp³-hybridized carbons (Fsp3) is 0.450. The number of rotatable bonds is 6. The number of likely N-dealkylation sites (tertiary alicyclic amines) is 1. The van der Waals surface area contributed by atoms with Crippen LogP contribution >= 0.6 is 0 Å². The predicted octanol–water partition coefficient (Wildman–Crippen LogP) is 2.29. The largest absolute Gasteiger partial charge is 0.384 e. The average molecular weight is 353 g/mol. The lowest BCUT2D eigenvalue weighted by atomic mass is 9.95. The molecular formula is C20H27N5O. The Morgan fingerprint density at radius 2 is 2.12 bits per heavy atom. The first-order valence-corrected chi connectivity index (χ1v) is 9.19. The van der Waals surface area contributed by atoms with E-state index in [-0.39, 0.29) is 11.8 Å². The quantitative estimate of drug-likeness (QED) is 0.862. The Morgan fingerprint density at radius 3 is 2.81 bits per heavy atom. The van der Waals surface area contributed by atoms with Crippen LogP contribution in [0.1, 0.15) is 37.1 Å². The van der Waals surface area contributed by atoms with E-state index in [1.165, 1.54) is 0 Å². The van der Waals surface area contributed by atoms with Crippen molar-refractivity contribution in [3.05, 3.63) is 54.0 Å². The van der Waals surface area contributed by atoms with E-state index in [0.717, 1.165) is 31.5 Å². The summed E-state index contributed by atoms with van der Waals surface area (Å²) < 4.78 is 0. The third kappa shape index (κ3) is 4.19. The van der Waals surface area contributed by atoms with Crippen molar-refractivity contribution in [1.29, 1.82) is 0 Å². The van der Waals surface area contributed by atoms with Crippen molar-refractivity contribution in [2.45, 2.75) is 38.3 Å². The van der Waals surface area contributed by atoms with Crippen molar-refractivity contribution in [2.24, 2.45) is 0 Å². The zero-order valence-corrected chi connectivity index (χ0v) is 15.5. The molecule has 1 aromatic heterocycles. The zero-order valence-electron chi connectivity index (χ0n) is 15.5. The summed E-state index contributed by atoms with van der Waals surface area (Å²) in [4.78, 5) is 25.8. The highest BCUT2D eigenvalue weighted by Crippen LogP contribution is 2.25. The van der Waals surface area contributed by atoms with Gasteiger partial charge in [0, 0.05) is 25.3 Å². The van der Waals surface area contributed by atoms with Crippen LogP contribution < -0.4 is 5.73 Å². The van der Waals surface area contributed by atoms with E-state index >= 15 is 0 Å². The summed E-state index contributed by atoms with van der Waals surface area (Å²) in [5.41, 5.74) is 6.83. The molecule has 0 bridgehead atoms. The molecule has 0 spiro atoms. The van der Waals surface area contributed by atoms with E-state index in [9.17, 15) is 4.79 Å². The lowest BCUT2D eigenvalue weighted by Gasteiger charge is -2.26. The standard InChI is InChI=1S/C20H27N5O/c1-3-17(15-7-5-4-6-8-15)20(26)25-12-10-16(13-25)24(2)14-19-22-11-9-18(21)23-19/h4-9,11,16-17H,3,10,12-14H2,1-2H3,(H2,21,22,23). The van der Waals surface area contributed by atoms with Crippen molar-refractivity contribution in [3.63, 3.8) is 0 Å². The second-order valence-electron chi connectivity index (χ2n) is 6.91. The smallest absolute Gasteiger partial charge is 0.230 e. The SMILES string of the molecule is CCC(C(=O)N1CCC(N(C)Cc2nccc(N)n2)C1)c1ccccc1. The first-order chi connectivity index (χ1) is 12.6. The molecule has 1 aliphatic rings. The summed E-state index contributed by atoms with van der Waals surface area (Å²) in [5.74, 6) is 1.38. The summed E-state index contributed by atoms with van der Waals surface area (Å²) in [6, 6.07) is 12.1. The van der Waals surface area contributed by atoms with Crippen LogP contribution in [0.3, 0.4) is 0 Å². The van der Waals surface area contributed by atoms with Crippen LogP contribution in [0, 0.1) is 0 Å². The third-order valence-electron chi connectivity index (χ3n) is 5.12. The highest BCUT2D eigenvalue weighted by Gasteiger charge is 2.32. The molecule has 6 heteroatoms. The van der Waals surface area contributed by atoms with Crippen LogP contribution in [0.15, 0.2) is 42.6 Å². The monoisotopic (exact) mass is 353 g/mol. The zero-order chi connectivity index (χ0) is 18.5. The maximum atomic E-state index is 13.0. The number of carbonyl (C=O) groups is 1. The van der Waals surface area contributed by atoms with Crippen LogP contribution in [0.4, 0.5) is 5.82 Å². The number of carbonyl (C=O) groups excluding carboxylic acids is 1. The molecule has 138 valence electrons. The van der Waals surface area contributed by atoms with Crippen molar-refractivity contribution >= 4 is 11.7 Å². The fourth-order valence-electron chi connectivity index (χ4n) is 3.60. The molecule has 3 rings (SSSR count). The molecule has 2 heterocycles. The van der Waals surface area contributed by atoms with Gasteiger partial charge in [-0.3, -0.25) is 9.69 Å². The highest BCUT2D eigenvalue weighted by atomic mass is 16.2. The van der Waals surface area contributed by atoms with Crippen LogP contribution in [0.5, 0.6) is 0 Å². The van der Waals surface area contributed by atoms with Gasteiger partial charge >= 0.3 is 0 Å². The number of hydrogen-bond donors (Lipinski definition) is 1. The van der Waals surface area contributed by atoms with E-state index in [2.05, 4.69) is 28.8 Å². The number of nitrogen functional groups attached to an aromatic ring is 1. The Kier molecular flexibility index (Phi) is 5.83. The number of hydrogen-bond acceptors (Lipinski definition) is 5. The number of anilines is 1. The van der Waals surface area contributed by atoms with E-state index in [1.54, 1.807) is 12.3 Å². The maximum absolute atomic E-state index is 13.0. The molecule has 26 heavy (non-hydrogen) atoms. The van der Waals surface area contributed by atoms with Gasteiger partial charge in [-0.05, 0) is 31.5 Å². The third-order valence-corrected chi connectivity index (χ3v) is 5.12. The van der Waals surface area contributed by atoms with Gasteiger partial charge < -0.3 is 10.6 Å². The second kappa shape index (κ2) is 8.27. The molecule has 2 atom stereocenters. The minimum atomic E-state index is -0.0579. The van der Waals surface area contributed by atoms with Gasteiger partial charge in [-0.2, -0.15) is 0 Å². The van der Waals surface area contributed by atoms with Crippen molar-refractivity contribution in [1.82, 2.24) is 19.8 Å². The molecule has 2 unspecified atom stereocenters. The molecule has 1 saturated heterocycles. The minimum absolute atomic E-state index is 0.0579. The Bertz CT molecular complexity index is 736. The van der Waals surface area contributed by atoms with Gasteiger partial charge in [0.1, 0.15) is 11.6 Å². The molecule has 2 N–H and O–H groups in total. The van der Waals surface area contributed by atoms with Gasteiger partial charge in [0.2, 0.25) is 5.91 Å². The van der Waals surface area contributed by atoms with Gasteiger partial charge in [0.05, 0.1) is 12.5 Å². The number of nitrogens with zero attached hydrogens (tertiary/aromatic N) is 4. The second-order valence-corrected chi connectivity index (χ2v) is 6.91. The van der Waals surface area contributed by atoms with E-state index in [1.807, 2.05) is 35.2 Å². The Morgan fingerprint density at radius 1 is 1.35 bits per heavy atom. The number of benzene rings is 1. The van der Waals surface area contributed by atoms with Gasteiger partial charge in [-0.1, -0.05) is 37.3 Å². The van der Waals surface area contributed by atoms with Crippen LogP contribution in [0.2, 0.25) is 0 Å². The molecule has 6 nitrogen and oxygen atoms in total. The normalized spacial score (nSPS) is 18.3. The minimum Gasteiger partial charge on any atom is -0.384 e. The Labute approximate surface area is 155 Å². The van der Waals surface area contributed by atoms with Gasteiger partial charge in [0.15, 0.2) is 0 Å². The van der Waals surface area contributed by atoms with E-state index in [0.29, 0.717) is 24.2 Å². The number of aromatic nitrogens is 2. The summed E-state index contributed by atoms with van der Waals surface area (Å²) in [6.07, 6.45) is 3.47.